The number of fused-ring (bicyclic) bond motifs is 1. The molecule has 2 aliphatic rings. The van der Waals surface area contributed by atoms with Crippen LogP contribution in [-0.2, 0) is 0 Å². The summed E-state index contributed by atoms with van der Waals surface area (Å²) in [6, 6.07) is 8.60. The Hall–Kier alpha value is -0.380. The normalized spacial score (nSPS) is 28.5. The van der Waals surface area contributed by atoms with Crippen LogP contribution in [0.25, 0.3) is 0 Å². The third kappa shape index (κ3) is 3.21. The van der Waals surface area contributed by atoms with E-state index in [1.54, 1.807) is 0 Å². The maximum atomic E-state index is 6.30. The zero-order valence-electron chi connectivity index (χ0n) is 11.4. The topological polar surface area (TPSA) is 29.3 Å². The minimum absolute atomic E-state index is 0.175. The summed E-state index contributed by atoms with van der Waals surface area (Å²) >= 11 is 3.47. The lowest BCUT2D eigenvalue weighted by Gasteiger charge is -2.19. The summed E-state index contributed by atoms with van der Waals surface area (Å²) in [6.07, 6.45) is 5.45. The predicted molar refractivity (Wildman–Crippen MR) is 83.0 cm³/mol. The maximum Gasteiger partial charge on any atom is 0.0307 e. The van der Waals surface area contributed by atoms with E-state index in [9.17, 15) is 0 Å². The molecular weight excluding hydrogens is 300 g/mol. The fourth-order valence-corrected chi connectivity index (χ4v) is 3.98. The lowest BCUT2D eigenvalue weighted by atomic mass is 10.0. The van der Waals surface area contributed by atoms with Crippen LogP contribution in [0.1, 0.15) is 37.3 Å². The van der Waals surface area contributed by atoms with Crippen molar-refractivity contribution in [1.29, 1.82) is 0 Å². The van der Waals surface area contributed by atoms with Crippen LogP contribution in [0.15, 0.2) is 28.7 Å². The van der Waals surface area contributed by atoms with Gasteiger partial charge in [-0.1, -0.05) is 34.5 Å². The molecule has 2 fully saturated rings. The van der Waals surface area contributed by atoms with Gasteiger partial charge in [0.2, 0.25) is 0 Å². The van der Waals surface area contributed by atoms with Crippen molar-refractivity contribution in [3.05, 3.63) is 34.3 Å². The third-order valence-corrected chi connectivity index (χ3v) is 5.39. The van der Waals surface area contributed by atoms with E-state index in [0.29, 0.717) is 0 Å². The average Bonchev–Trinajstić information content (AvgIpc) is 2.97. The van der Waals surface area contributed by atoms with Gasteiger partial charge in [0.05, 0.1) is 0 Å². The molecule has 1 aliphatic heterocycles. The van der Waals surface area contributed by atoms with E-state index in [1.165, 1.54) is 37.9 Å². The molecule has 0 bridgehead atoms. The first-order valence-electron chi connectivity index (χ1n) is 7.46. The minimum Gasteiger partial charge on any atom is -0.324 e. The van der Waals surface area contributed by atoms with Crippen LogP contribution in [0.4, 0.5) is 0 Å². The molecular formula is C16H23BrN2. The highest BCUT2D eigenvalue weighted by Crippen LogP contribution is 2.37. The van der Waals surface area contributed by atoms with Gasteiger partial charge in [-0.05, 0) is 55.3 Å². The average molecular weight is 323 g/mol. The fourth-order valence-electron chi connectivity index (χ4n) is 3.71. The number of hydrogen-bond donors (Lipinski definition) is 1. The minimum atomic E-state index is 0.175. The van der Waals surface area contributed by atoms with Crippen molar-refractivity contribution in [3.63, 3.8) is 0 Å². The maximum absolute atomic E-state index is 6.30. The largest absolute Gasteiger partial charge is 0.324 e. The van der Waals surface area contributed by atoms with Gasteiger partial charge < -0.3 is 10.6 Å². The summed E-state index contributed by atoms with van der Waals surface area (Å²) < 4.78 is 1.12. The number of benzene rings is 1. The Labute approximate surface area is 124 Å². The van der Waals surface area contributed by atoms with Crippen LogP contribution in [0, 0.1) is 11.8 Å². The molecule has 3 atom stereocenters. The van der Waals surface area contributed by atoms with E-state index in [0.717, 1.165) is 29.3 Å². The molecule has 2 N–H and O–H groups in total. The van der Waals surface area contributed by atoms with Gasteiger partial charge in [-0.25, -0.2) is 0 Å². The van der Waals surface area contributed by atoms with Crippen molar-refractivity contribution in [2.75, 3.05) is 19.6 Å². The third-order valence-electron chi connectivity index (χ3n) is 4.86. The second kappa shape index (κ2) is 5.94. The molecule has 1 heterocycles. The fraction of sp³-hybridized carbons (Fsp3) is 0.625. The van der Waals surface area contributed by atoms with E-state index in [1.807, 2.05) is 0 Å². The Morgan fingerprint density at radius 3 is 2.42 bits per heavy atom. The van der Waals surface area contributed by atoms with Crippen LogP contribution in [0.5, 0.6) is 0 Å². The van der Waals surface area contributed by atoms with Crippen molar-refractivity contribution < 1.29 is 0 Å². The van der Waals surface area contributed by atoms with Crippen molar-refractivity contribution in [2.24, 2.45) is 17.6 Å². The van der Waals surface area contributed by atoms with Crippen molar-refractivity contribution in [1.82, 2.24) is 4.90 Å². The first-order valence-corrected chi connectivity index (χ1v) is 8.25. The van der Waals surface area contributed by atoms with Gasteiger partial charge >= 0.3 is 0 Å². The SMILES string of the molecule is NC(CCN1CC2CCCC2C1)c1ccc(Br)cc1. The van der Waals surface area contributed by atoms with Gasteiger partial charge in [-0.15, -0.1) is 0 Å². The molecule has 1 saturated heterocycles. The van der Waals surface area contributed by atoms with Gasteiger partial charge in [0.15, 0.2) is 0 Å². The summed E-state index contributed by atoms with van der Waals surface area (Å²) in [7, 11) is 0. The van der Waals surface area contributed by atoms with Gasteiger partial charge in [0, 0.05) is 23.6 Å². The molecule has 1 aromatic carbocycles. The Morgan fingerprint density at radius 1 is 1.16 bits per heavy atom. The van der Waals surface area contributed by atoms with Crippen molar-refractivity contribution >= 4 is 15.9 Å². The van der Waals surface area contributed by atoms with Crippen LogP contribution in [0.3, 0.4) is 0 Å². The summed E-state index contributed by atoms with van der Waals surface area (Å²) in [5.74, 6) is 1.98. The molecule has 3 heteroatoms. The number of rotatable bonds is 4. The van der Waals surface area contributed by atoms with Crippen LogP contribution >= 0.6 is 15.9 Å². The highest BCUT2D eigenvalue weighted by molar-refractivity contribution is 9.10. The lowest BCUT2D eigenvalue weighted by Crippen LogP contribution is -2.26. The monoisotopic (exact) mass is 322 g/mol. The molecule has 1 aliphatic carbocycles. The predicted octanol–water partition coefficient (Wildman–Crippen LogP) is 3.57. The van der Waals surface area contributed by atoms with Gasteiger partial charge in [0.25, 0.3) is 0 Å². The van der Waals surface area contributed by atoms with Gasteiger partial charge in [0.1, 0.15) is 0 Å². The molecule has 0 amide bonds. The highest BCUT2D eigenvalue weighted by atomic mass is 79.9. The molecule has 0 radical (unpaired) electrons. The first kappa shape index (κ1) is 13.6. The number of likely N-dealkylation sites (tertiary alicyclic amines) is 1. The van der Waals surface area contributed by atoms with Crippen LogP contribution in [0.2, 0.25) is 0 Å². The second-order valence-corrected chi connectivity index (χ2v) is 7.07. The number of nitrogens with zero attached hydrogens (tertiary/aromatic N) is 1. The van der Waals surface area contributed by atoms with E-state index in [4.69, 9.17) is 5.73 Å². The van der Waals surface area contributed by atoms with E-state index < -0.39 is 0 Å². The number of hydrogen-bond acceptors (Lipinski definition) is 2. The Morgan fingerprint density at radius 2 is 1.79 bits per heavy atom. The molecule has 0 spiro atoms. The lowest BCUT2D eigenvalue weighted by molar-refractivity contribution is 0.298. The van der Waals surface area contributed by atoms with E-state index in [-0.39, 0.29) is 6.04 Å². The molecule has 1 saturated carbocycles. The Kier molecular flexibility index (Phi) is 4.25. The van der Waals surface area contributed by atoms with Gasteiger partial charge in [-0.2, -0.15) is 0 Å². The smallest absolute Gasteiger partial charge is 0.0307 e. The summed E-state index contributed by atoms with van der Waals surface area (Å²) in [5, 5.41) is 0. The van der Waals surface area contributed by atoms with Gasteiger partial charge in [-0.3, -0.25) is 0 Å². The zero-order valence-corrected chi connectivity index (χ0v) is 13.0. The van der Waals surface area contributed by atoms with E-state index in [2.05, 4.69) is 45.1 Å². The zero-order chi connectivity index (χ0) is 13.2. The quantitative estimate of drug-likeness (QED) is 0.918. The molecule has 104 valence electrons. The number of nitrogens with two attached hydrogens (primary N) is 1. The molecule has 0 aromatic heterocycles. The van der Waals surface area contributed by atoms with Crippen LogP contribution in [-0.4, -0.2) is 24.5 Å². The van der Waals surface area contributed by atoms with E-state index >= 15 is 0 Å². The first-order chi connectivity index (χ1) is 9.22. The molecule has 3 rings (SSSR count). The standard InChI is InChI=1S/C16H23BrN2/c17-15-6-4-12(5-7-15)16(18)8-9-19-10-13-2-1-3-14(13)11-19/h4-7,13-14,16H,1-3,8-11,18H2. The second-order valence-electron chi connectivity index (χ2n) is 6.16. The molecule has 19 heavy (non-hydrogen) atoms. The molecule has 3 unspecified atom stereocenters. The summed E-state index contributed by atoms with van der Waals surface area (Å²) in [4.78, 5) is 2.63. The summed E-state index contributed by atoms with van der Waals surface area (Å²) in [5.41, 5.74) is 7.55. The Bertz CT molecular complexity index is 405. The summed E-state index contributed by atoms with van der Waals surface area (Å²) in [6.45, 7) is 3.79. The van der Waals surface area contributed by atoms with Crippen LogP contribution < -0.4 is 5.73 Å². The molecule has 1 aromatic rings. The van der Waals surface area contributed by atoms with Crippen molar-refractivity contribution in [3.8, 4) is 0 Å². The molecule has 2 nitrogen and oxygen atoms in total. The number of halogens is 1. The highest BCUT2D eigenvalue weighted by Gasteiger charge is 2.35. The van der Waals surface area contributed by atoms with Crippen molar-refractivity contribution in [2.45, 2.75) is 31.7 Å². The Balaban J connectivity index is 1.48.